The zero-order chi connectivity index (χ0) is 16.4. The van der Waals surface area contributed by atoms with Crippen LogP contribution in [0.1, 0.15) is 28.1 Å². The number of fused-ring (bicyclic) bond motifs is 1. The predicted molar refractivity (Wildman–Crippen MR) is 92.5 cm³/mol. The molecule has 2 heterocycles. The quantitative estimate of drug-likeness (QED) is 0.642. The van der Waals surface area contributed by atoms with Crippen molar-refractivity contribution < 1.29 is 4.79 Å². The van der Waals surface area contributed by atoms with Crippen LogP contribution in [0, 0.1) is 20.8 Å². The maximum Gasteiger partial charge on any atom is 0.233 e. The van der Waals surface area contributed by atoms with Gasteiger partial charge in [-0.15, -0.1) is 0 Å². The number of aryl methyl sites for hydroxylation is 2. The molecule has 1 aromatic heterocycles. The third kappa shape index (κ3) is 3.55. The molecule has 1 amide bonds. The molecule has 23 heavy (non-hydrogen) atoms. The smallest absolute Gasteiger partial charge is 0.233 e. The largest absolute Gasteiger partial charge is 0.337 e. The highest BCUT2D eigenvalue weighted by atomic mass is 32.2. The number of carbonyl (C=O) groups excluding carboxylic acids is 1. The molecule has 0 N–H and O–H groups in total. The molecule has 1 aliphatic rings. The van der Waals surface area contributed by atoms with E-state index in [1.54, 1.807) is 0 Å². The number of aromatic nitrogens is 2. The number of hydrogen-bond acceptors (Lipinski definition) is 4. The van der Waals surface area contributed by atoms with Gasteiger partial charge in [0.1, 0.15) is 0 Å². The second-order valence-electron chi connectivity index (χ2n) is 5.92. The molecule has 0 unspecified atom stereocenters. The first-order valence-corrected chi connectivity index (χ1v) is 8.82. The molecular formula is C18H21N3OS. The van der Waals surface area contributed by atoms with E-state index in [4.69, 9.17) is 0 Å². The van der Waals surface area contributed by atoms with E-state index < -0.39 is 0 Å². The van der Waals surface area contributed by atoms with Gasteiger partial charge in [-0.1, -0.05) is 36.0 Å². The van der Waals surface area contributed by atoms with Crippen LogP contribution in [-0.4, -0.2) is 33.1 Å². The minimum absolute atomic E-state index is 0.156. The second-order valence-corrected chi connectivity index (χ2v) is 6.87. The lowest BCUT2D eigenvalue weighted by atomic mass is 10.00. The number of amides is 1. The van der Waals surface area contributed by atoms with Crippen molar-refractivity contribution in [3.63, 3.8) is 0 Å². The fourth-order valence-electron chi connectivity index (χ4n) is 2.73. The summed E-state index contributed by atoms with van der Waals surface area (Å²) in [4.78, 5) is 23.3. The van der Waals surface area contributed by atoms with Crippen LogP contribution in [0.3, 0.4) is 0 Å². The van der Waals surface area contributed by atoms with Crippen molar-refractivity contribution in [2.24, 2.45) is 0 Å². The number of carbonyl (C=O) groups is 1. The first kappa shape index (κ1) is 16.0. The lowest BCUT2D eigenvalue weighted by Gasteiger charge is -2.28. The third-order valence-corrected chi connectivity index (χ3v) is 5.25. The van der Waals surface area contributed by atoms with Gasteiger partial charge in [-0.3, -0.25) is 4.79 Å². The molecule has 0 atom stereocenters. The number of hydrogen-bond donors (Lipinski definition) is 0. The molecule has 0 aliphatic carbocycles. The number of nitrogens with zero attached hydrogens (tertiary/aromatic N) is 3. The van der Waals surface area contributed by atoms with E-state index in [2.05, 4.69) is 28.2 Å². The van der Waals surface area contributed by atoms with Crippen LogP contribution in [0.5, 0.6) is 0 Å². The monoisotopic (exact) mass is 327 g/mol. The minimum atomic E-state index is 0.156. The summed E-state index contributed by atoms with van der Waals surface area (Å²) in [6.07, 6.45) is 0.936. The summed E-state index contributed by atoms with van der Waals surface area (Å²) in [6.45, 7) is 7.50. The zero-order valence-corrected chi connectivity index (χ0v) is 14.6. The van der Waals surface area contributed by atoms with E-state index in [1.165, 1.54) is 22.9 Å². The Kier molecular flexibility index (Phi) is 4.66. The van der Waals surface area contributed by atoms with E-state index in [9.17, 15) is 4.79 Å². The lowest BCUT2D eigenvalue weighted by molar-refractivity contribution is -0.129. The Bertz CT molecular complexity index is 722. The third-order valence-electron chi connectivity index (χ3n) is 4.42. The van der Waals surface area contributed by atoms with Crippen LogP contribution in [0.15, 0.2) is 29.4 Å². The van der Waals surface area contributed by atoms with E-state index in [-0.39, 0.29) is 5.91 Å². The normalized spacial score (nSPS) is 13.8. The van der Waals surface area contributed by atoms with Crippen molar-refractivity contribution in [1.29, 1.82) is 0 Å². The van der Waals surface area contributed by atoms with Crippen molar-refractivity contribution in [1.82, 2.24) is 14.9 Å². The summed E-state index contributed by atoms with van der Waals surface area (Å²) >= 11 is 1.43. The molecule has 3 rings (SSSR count). The molecular weight excluding hydrogens is 306 g/mol. The summed E-state index contributed by atoms with van der Waals surface area (Å²) < 4.78 is 0. The predicted octanol–water partition coefficient (Wildman–Crippen LogP) is 3.08. The summed E-state index contributed by atoms with van der Waals surface area (Å²) in [6, 6.07) is 8.36. The van der Waals surface area contributed by atoms with Gasteiger partial charge in [-0.25, -0.2) is 9.97 Å². The highest BCUT2D eigenvalue weighted by Gasteiger charge is 2.20. The van der Waals surface area contributed by atoms with Crippen molar-refractivity contribution in [2.75, 3.05) is 12.3 Å². The molecule has 120 valence electrons. The van der Waals surface area contributed by atoms with Gasteiger partial charge >= 0.3 is 0 Å². The van der Waals surface area contributed by atoms with Crippen LogP contribution in [0.4, 0.5) is 0 Å². The van der Waals surface area contributed by atoms with Crippen LogP contribution < -0.4 is 0 Å². The summed E-state index contributed by atoms with van der Waals surface area (Å²) in [7, 11) is 0. The SMILES string of the molecule is Cc1nc(SCC(=O)N2CCc3ccccc3C2)nc(C)c1C. The van der Waals surface area contributed by atoms with Crippen molar-refractivity contribution in [3.8, 4) is 0 Å². The maximum atomic E-state index is 12.5. The lowest BCUT2D eigenvalue weighted by Crippen LogP contribution is -2.37. The fraction of sp³-hybridized carbons (Fsp3) is 0.389. The second kappa shape index (κ2) is 6.71. The molecule has 0 saturated carbocycles. The van der Waals surface area contributed by atoms with Crippen molar-refractivity contribution in [2.45, 2.75) is 38.9 Å². The molecule has 1 aliphatic heterocycles. The molecule has 0 fully saturated rings. The van der Waals surface area contributed by atoms with E-state index in [0.717, 1.165) is 29.9 Å². The maximum absolute atomic E-state index is 12.5. The van der Waals surface area contributed by atoms with Gasteiger partial charge in [0, 0.05) is 24.5 Å². The standard InChI is InChI=1S/C18H21N3OS/c1-12-13(2)19-18(20-14(12)3)23-11-17(22)21-9-8-15-6-4-5-7-16(15)10-21/h4-7H,8-11H2,1-3H3. The van der Waals surface area contributed by atoms with E-state index >= 15 is 0 Å². The van der Waals surface area contributed by atoms with E-state index in [0.29, 0.717) is 17.5 Å². The summed E-state index contributed by atoms with van der Waals surface area (Å²) in [5.41, 5.74) is 5.71. The average molecular weight is 327 g/mol. The Morgan fingerprint density at radius 3 is 2.48 bits per heavy atom. The van der Waals surface area contributed by atoms with Crippen molar-refractivity contribution in [3.05, 3.63) is 52.3 Å². The highest BCUT2D eigenvalue weighted by Crippen LogP contribution is 2.21. The van der Waals surface area contributed by atoms with Gasteiger partial charge in [-0.05, 0) is 43.9 Å². The molecule has 0 saturated heterocycles. The average Bonchev–Trinajstić information content (AvgIpc) is 2.57. The van der Waals surface area contributed by atoms with Crippen LogP contribution in [0.25, 0.3) is 0 Å². The number of rotatable bonds is 3. The van der Waals surface area contributed by atoms with Gasteiger partial charge in [0.05, 0.1) is 5.75 Å². The molecule has 1 aromatic carbocycles. The van der Waals surface area contributed by atoms with Gasteiger partial charge < -0.3 is 4.90 Å². The molecule has 2 aromatic rings. The number of thioether (sulfide) groups is 1. The van der Waals surface area contributed by atoms with Crippen LogP contribution >= 0.6 is 11.8 Å². The molecule has 0 radical (unpaired) electrons. The van der Waals surface area contributed by atoms with Crippen LogP contribution in [-0.2, 0) is 17.8 Å². The first-order valence-electron chi connectivity index (χ1n) is 7.84. The Balaban J connectivity index is 1.62. The highest BCUT2D eigenvalue weighted by molar-refractivity contribution is 7.99. The van der Waals surface area contributed by atoms with Gasteiger partial charge in [0.2, 0.25) is 5.91 Å². The Morgan fingerprint density at radius 1 is 1.13 bits per heavy atom. The van der Waals surface area contributed by atoms with Crippen molar-refractivity contribution >= 4 is 17.7 Å². The zero-order valence-electron chi connectivity index (χ0n) is 13.8. The first-order chi connectivity index (χ1) is 11.0. The van der Waals surface area contributed by atoms with Crippen LogP contribution in [0.2, 0.25) is 0 Å². The molecule has 0 spiro atoms. The molecule has 0 bridgehead atoms. The number of benzene rings is 1. The molecule has 4 nitrogen and oxygen atoms in total. The Hall–Kier alpha value is -1.88. The van der Waals surface area contributed by atoms with Gasteiger partial charge in [0.15, 0.2) is 5.16 Å². The Morgan fingerprint density at radius 2 is 1.78 bits per heavy atom. The molecule has 5 heteroatoms. The van der Waals surface area contributed by atoms with Gasteiger partial charge in [0.25, 0.3) is 0 Å². The fourth-order valence-corrected chi connectivity index (χ4v) is 3.57. The topological polar surface area (TPSA) is 46.1 Å². The summed E-state index contributed by atoms with van der Waals surface area (Å²) in [5.74, 6) is 0.549. The summed E-state index contributed by atoms with van der Waals surface area (Å²) in [5, 5.41) is 0.691. The Labute approximate surface area is 141 Å². The van der Waals surface area contributed by atoms with Gasteiger partial charge in [-0.2, -0.15) is 0 Å². The van der Waals surface area contributed by atoms with E-state index in [1.807, 2.05) is 31.7 Å². The minimum Gasteiger partial charge on any atom is -0.337 e.